The van der Waals surface area contributed by atoms with Crippen LogP contribution in [0.25, 0.3) is 0 Å². The first-order valence-corrected chi connectivity index (χ1v) is 8.13. The van der Waals surface area contributed by atoms with Crippen LogP contribution in [0.1, 0.15) is 26.3 Å². The number of rotatable bonds is 3. The van der Waals surface area contributed by atoms with E-state index in [0.717, 1.165) is 0 Å². The van der Waals surface area contributed by atoms with E-state index in [4.69, 9.17) is 0 Å². The smallest absolute Gasteiger partial charge is 0.743 e. The summed E-state index contributed by atoms with van der Waals surface area (Å²) in [5.74, 6) is -14.8. The van der Waals surface area contributed by atoms with E-state index in [0.29, 0.717) is 0 Å². The summed E-state index contributed by atoms with van der Waals surface area (Å²) < 4.78 is 135. The van der Waals surface area contributed by atoms with Gasteiger partial charge in [0.2, 0.25) is 0 Å². The van der Waals surface area contributed by atoms with Crippen molar-refractivity contribution in [1.82, 2.24) is 0 Å². The predicted octanol–water partition coefficient (Wildman–Crippen LogP) is 4.74. The van der Waals surface area contributed by atoms with Crippen molar-refractivity contribution in [2.75, 3.05) is 0 Å². The zero-order valence-electron chi connectivity index (χ0n) is 14.2. The fourth-order valence-electron chi connectivity index (χ4n) is 1.40. The van der Waals surface area contributed by atoms with Gasteiger partial charge in [-0.2, -0.15) is 75.4 Å². The predicted molar refractivity (Wildman–Crippen MR) is 74.6 cm³/mol. The molecular weight excluding hydrogens is 478 g/mol. The van der Waals surface area contributed by atoms with Gasteiger partial charge in [0.05, 0.1) is 0 Å². The Balaban J connectivity index is 0. The normalized spacial score (nSPS) is 13.9. The van der Waals surface area contributed by atoms with E-state index in [1.807, 2.05) is 12.1 Å². The van der Waals surface area contributed by atoms with Gasteiger partial charge in [0.1, 0.15) is 0 Å². The van der Waals surface area contributed by atoms with Crippen molar-refractivity contribution in [3.05, 3.63) is 35.9 Å². The molecule has 1 aromatic carbocycles. The van der Waals surface area contributed by atoms with E-state index in [9.17, 15) is 52.5 Å². The zero-order valence-corrected chi connectivity index (χ0v) is 16.0. The number of hydrogen-bond donors (Lipinski definition) is 0. The van der Waals surface area contributed by atoms with E-state index < -0.39 is 33.4 Å². The molecule has 0 radical (unpaired) electrons. The van der Waals surface area contributed by atoms with E-state index in [2.05, 4.69) is 39.0 Å². The van der Waals surface area contributed by atoms with Gasteiger partial charge in [-0.05, 0) is 5.41 Å². The Morgan fingerprint density at radius 2 is 1.18 bits per heavy atom. The molecule has 0 fully saturated rings. The van der Waals surface area contributed by atoms with Crippen molar-refractivity contribution >= 4 is 10.1 Å². The minimum absolute atomic E-state index is 0. The maximum Gasteiger partial charge on any atom is 2.00 e. The van der Waals surface area contributed by atoms with Crippen LogP contribution in [0, 0.1) is 6.07 Å². The monoisotopic (exact) mass is 490 g/mol. The van der Waals surface area contributed by atoms with Gasteiger partial charge in [0.15, 0.2) is 10.1 Å². The van der Waals surface area contributed by atoms with Gasteiger partial charge >= 0.3 is 39.8 Å². The SMILES string of the molecule is CC(C)(C)c1cc[c-]cc1.O=S(=O)([O-])C(F)(F)C(F)(F)C(F)(F)C(F)(F)F.[Ni+2]. The van der Waals surface area contributed by atoms with Crippen LogP contribution in [0.3, 0.4) is 0 Å². The van der Waals surface area contributed by atoms with Gasteiger partial charge in [-0.1, -0.05) is 20.8 Å². The van der Waals surface area contributed by atoms with E-state index in [1.165, 1.54) is 5.56 Å². The molecule has 0 heterocycles. The molecule has 0 spiro atoms. The summed E-state index contributed by atoms with van der Waals surface area (Å²) in [6.45, 7) is 6.63. The van der Waals surface area contributed by atoms with Crippen molar-refractivity contribution < 1.29 is 69.0 Å². The van der Waals surface area contributed by atoms with Crippen LogP contribution in [0.5, 0.6) is 0 Å². The Morgan fingerprint density at radius 3 is 1.39 bits per heavy atom. The second-order valence-electron chi connectivity index (χ2n) is 6.16. The second kappa shape index (κ2) is 8.78. The van der Waals surface area contributed by atoms with E-state index in [1.54, 1.807) is 0 Å². The first-order valence-electron chi connectivity index (χ1n) is 6.73. The molecule has 0 N–H and O–H groups in total. The van der Waals surface area contributed by atoms with Gasteiger partial charge in [0, 0.05) is 0 Å². The van der Waals surface area contributed by atoms with Crippen LogP contribution in [0.2, 0.25) is 0 Å². The molecule has 0 unspecified atom stereocenters. The third-order valence-corrected chi connectivity index (χ3v) is 3.90. The average molecular weight is 491 g/mol. The number of alkyl halides is 9. The number of hydrogen-bond acceptors (Lipinski definition) is 3. The summed E-state index contributed by atoms with van der Waals surface area (Å²) in [6, 6.07) is 11.1. The fourth-order valence-corrected chi connectivity index (χ4v) is 1.85. The summed E-state index contributed by atoms with van der Waals surface area (Å²) in [5, 5.41) is -7.11. The van der Waals surface area contributed by atoms with Crippen LogP contribution >= 0.6 is 0 Å². The molecule has 0 aliphatic heterocycles. The van der Waals surface area contributed by atoms with Crippen molar-refractivity contribution in [2.24, 2.45) is 0 Å². The van der Waals surface area contributed by atoms with Gasteiger partial charge in [-0.15, -0.1) is 0 Å². The van der Waals surface area contributed by atoms with E-state index in [-0.39, 0.29) is 21.9 Å². The summed E-state index contributed by atoms with van der Waals surface area (Å²) >= 11 is 0. The number of halogens is 9. The van der Waals surface area contributed by atoms with Crippen LogP contribution in [0.4, 0.5) is 39.5 Å². The molecule has 0 saturated carbocycles. The molecule has 0 amide bonds. The molecule has 0 saturated heterocycles. The maximum atomic E-state index is 12.2. The molecule has 0 aliphatic rings. The molecular formula is C14H13F9NiO3S. The molecule has 14 heteroatoms. The minimum Gasteiger partial charge on any atom is -0.743 e. The Hall–Kier alpha value is -1.01. The quantitative estimate of drug-likeness (QED) is 0.266. The van der Waals surface area contributed by atoms with E-state index >= 15 is 0 Å². The molecule has 1 rings (SSSR count). The summed E-state index contributed by atoms with van der Waals surface area (Å²) in [4.78, 5) is 0. The topological polar surface area (TPSA) is 57.2 Å². The van der Waals surface area contributed by atoms with Crippen LogP contribution in [-0.4, -0.2) is 36.2 Å². The van der Waals surface area contributed by atoms with Gasteiger partial charge in [-0.25, -0.2) is 8.42 Å². The average Bonchev–Trinajstić information content (AvgIpc) is 2.45. The van der Waals surface area contributed by atoms with Crippen molar-refractivity contribution in [3.8, 4) is 0 Å². The van der Waals surface area contributed by atoms with Crippen LogP contribution in [0.15, 0.2) is 24.3 Å². The summed E-state index contributed by atoms with van der Waals surface area (Å²) in [6.07, 6.45) is -7.16. The Labute approximate surface area is 165 Å². The van der Waals surface area contributed by atoms with Crippen molar-refractivity contribution in [1.29, 1.82) is 0 Å². The largest absolute Gasteiger partial charge is 2.00 e. The van der Waals surface area contributed by atoms with Gasteiger partial charge in [-0.3, -0.25) is 0 Å². The third kappa shape index (κ3) is 5.99. The summed E-state index contributed by atoms with van der Waals surface area (Å²) in [5.41, 5.74) is 1.64. The van der Waals surface area contributed by atoms with Gasteiger partial charge in [0.25, 0.3) is 0 Å². The molecule has 0 bridgehead atoms. The molecule has 3 nitrogen and oxygen atoms in total. The Bertz CT molecular complexity index is 727. The third-order valence-electron chi connectivity index (χ3n) is 3.01. The second-order valence-corrected chi connectivity index (χ2v) is 7.58. The summed E-state index contributed by atoms with van der Waals surface area (Å²) in [7, 11) is -7.42. The van der Waals surface area contributed by atoms with Crippen LogP contribution < -0.4 is 0 Å². The number of benzene rings is 1. The van der Waals surface area contributed by atoms with Crippen molar-refractivity contribution in [2.45, 2.75) is 49.5 Å². The molecule has 0 atom stereocenters. The standard InChI is InChI=1S/C10H13.C4HF9O3S.Ni/c1-10(2,3)9-7-5-4-6-8-9;5-1(6,3(9,10)11)2(7,8)4(12,13)17(14,15)16;/h5-8H,1-3H3;(H,14,15,16);/q-1;;+2/p-1. The Morgan fingerprint density at radius 1 is 0.821 bits per heavy atom. The van der Waals surface area contributed by atoms with Crippen LogP contribution in [-0.2, 0) is 32.0 Å². The first kappa shape index (κ1) is 29.2. The van der Waals surface area contributed by atoms with Gasteiger partial charge < -0.3 is 4.55 Å². The molecule has 0 aliphatic carbocycles. The molecule has 166 valence electrons. The Kier molecular flexibility index (Phi) is 9.16. The molecule has 1 aromatic rings. The zero-order chi connectivity index (χ0) is 22.1. The molecule has 28 heavy (non-hydrogen) atoms. The fraction of sp³-hybridized carbons (Fsp3) is 0.571. The maximum absolute atomic E-state index is 12.2. The molecule has 0 aromatic heterocycles. The minimum atomic E-state index is -7.43. The van der Waals surface area contributed by atoms with Crippen molar-refractivity contribution in [3.63, 3.8) is 0 Å². The first-order chi connectivity index (χ1) is 11.6.